The van der Waals surface area contributed by atoms with Gasteiger partial charge in [-0.2, -0.15) is 5.10 Å². The molecule has 1 fully saturated rings. The molecule has 2 aromatic heterocycles. The van der Waals surface area contributed by atoms with E-state index in [4.69, 9.17) is 4.74 Å². The number of carbonyl (C=O) groups excluding carboxylic acids is 1. The summed E-state index contributed by atoms with van der Waals surface area (Å²) in [6, 6.07) is 1.59. The van der Waals surface area contributed by atoms with Gasteiger partial charge >= 0.3 is 0 Å². The number of hydrogen-bond donors (Lipinski definition) is 0. The summed E-state index contributed by atoms with van der Waals surface area (Å²) in [7, 11) is 1.55. The lowest BCUT2D eigenvalue weighted by Gasteiger charge is -2.33. The fraction of sp³-hybridized carbons (Fsp3) is 0.500. The first kappa shape index (κ1) is 14.2. The third-order valence-electron chi connectivity index (χ3n) is 4.55. The second-order valence-electron chi connectivity index (χ2n) is 6.08. The molecule has 23 heavy (non-hydrogen) atoms. The van der Waals surface area contributed by atoms with Gasteiger partial charge in [0.25, 0.3) is 5.91 Å². The molecule has 2 aromatic rings. The SMILES string of the molecule is COc1cnccc1C(=O)N1CCn2nc(C3CC3)nc2[C@H]1C. The predicted molar refractivity (Wildman–Crippen MR) is 82.2 cm³/mol. The van der Waals surface area contributed by atoms with E-state index in [2.05, 4.69) is 15.1 Å². The van der Waals surface area contributed by atoms with Crippen LogP contribution in [0.15, 0.2) is 18.5 Å². The van der Waals surface area contributed by atoms with Crippen molar-refractivity contribution in [1.82, 2.24) is 24.6 Å². The fourth-order valence-corrected chi connectivity index (χ4v) is 3.05. The number of fused-ring (bicyclic) bond motifs is 1. The first-order chi connectivity index (χ1) is 11.2. The number of rotatable bonds is 3. The van der Waals surface area contributed by atoms with Crippen LogP contribution >= 0.6 is 0 Å². The van der Waals surface area contributed by atoms with Gasteiger partial charge < -0.3 is 9.64 Å². The van der Waals surface area contributed by atoms with Crippen LogP contribution in [0.3, 0.4) is 0 Å². The maximum absolute atomic E-state index is 12.9. The smallest absolute Gasteiger partial charge is 0.258 e. The molecule has 7 heteroatoms. The number of nitrogens with zero attached hydrogens (tertiary/aromatic N) is 5. The van der Waals surface area contributed by atoms with E-state index in [0.29, 0.717) is 30.3 Å². The Labute approximate surface area is 134 Å². The quantitative estimate of drug-likeness (QED) is 0.863. The third-order valence-corrected chi connectivity index (χ3v) is 4.55. The van der Waals surface area contributed by atoms with Gasteiger partial charge in [-0.15, -0.1) is 0 Å². The molecule has 0 unspecified atom stereocenters. The summed E-state index contributed by atoms with van der Waals surface area (Å²) in [6.07, 6.45) is 5.52. The van der Waals surface area contributed by atoms with E-state index >= 15 is 0 Å². The maximum Gasteiger partial charge on any atom is 0.258 e. The number of carbonyl (C=O) groups is 1. The summed E-state index contributed by atoms with van der Waals surface area (Å²) >= 11 is 0. The number of methoxy groups -OCH3 is 1. The Hall–Kier alpha value is -2.44. The van der Waals surface area contributed by atoms with Gasteiger partial charge in [0, 0.05) is 18.7 Å². The summed E-state index contributed by atoms with van der Waals surface area (Å²) in [5.41, 5.74) is 0.532. The molecule has 1 saturated carbocycles. The van der Waals surface area contributed by atoms with Crippen molar-refractivity contribution < 1.29 is 9.53 Å². The number of amides is 1. The average Bonchev–Trinajstić information content (AvgIpc) is 3.34. The number of hydrogen-bond acceptors (Lipinski definition) is 5. The van der Waals surface area contributed by atoms with Gasteiger partial charge in [0.15, 0.2) is 5.82 Å². The molecule has 1 amide bonds. The monoisotopic (exact) mass is 313 g/mol. The summed E-state index contributed by atoms with van der Waals surface area (Å²) in [6.45, 7) is 3.30. The zero-order valence-corrected chi connectivity index (χ0v) is 13.3. The van der Waals surface area contributed by atoms with Crippen molar-refractivity contribution in [3.8, 4) is 5.75 Å². The minimum absolute atomic E-state index is 0.0565. The molecule has 2 aliphatic rings. The van der Waals surface area contributed by atoms with E-state index < -0.39 is 0 Å². The third kappa shape index (κ3) is 2.36. The largest absolute Gasteiger partial charge is 0.494 e. The lowest BCUT2D eigenvalue weighted by Crippen LogP contribution is -2.41. The van der Waals surface area contributed by atoms with Gasteiger partial charge in [0.2, 0.25) is 0 Å². The van der Waals surface area contributed by atoms with Crippen molar-refractivity contribution in [3.05, 3.63) is 35.7 Å². The molecule has 0 bridgehead atoms. The predicted octanol–water partition coefficient (Wildman–Crippen LogP) is 1.78. The molecule has 1 aliphatic carbocycles. The summed E-state index contributed by atoms with van der Waals surface area (Å²) < 4.78 is 7.21. The highest BCUT2D eigenvalue weighted by Crippen LogP contribution is 2.39. The van der Waals surface area contributed by atoms with Gasteiger partial charge in [-0.1, -0.05) is 0 Å². The zero-order valence-electron chi connectivity index (χ0n) is 13.3. The average molecular weight is 313 g/mol. The fourth-order valence-electron chi connectivity index (χ4n) is 3.05. The standard InChI is InChI=1S/C16H19N5O2/c1-10-15-18-14(11-3-4-11)19-21(15)8-7-20(10)16(22)12-5-6-17-9-13(12)23-2/h5-6,9-11H,3-4,7-8H2,1-2H3/t10-/m1/s1. The lowest BCUT2D eigenvalue weighted by atomic mass is 10.1. The molecule has 1 aliphatic heterocycles. The second-order valence-corrected chi connectivity index (χ2v) is 6.08. The zero-order chi connectivity index (χ0) is 16.0. The van der Waals surface area contributed by atoms with Crippen molar-refractivity contribution in [1.29, 1.82) is 0 Å². The van der Waals surface area contributed by atoms with E-state index in [-0.39, 0.29) is 11.9 Å². The molecule has 1 atom stereocenters. The van der Waals surface area contributed by atoms with Crippen LogP contribution in [0.25, 0.3) is 0 Å². The van der Waals surface area contributed by atoms with Gasteiger partial charge in [-0.25, -0.2) is 9.67 Å². The van der Waals surface area contributed by atoms with Crippen LogP contribution in [0.4, 0.5) is 0 Å². The Kier molecular flexibility index (Phi) is 3.28. The number of pyridine rings is 1. The molecule has 0 aromatic carbocycles. The van der Waals surface area contributed by atoms with E-state index in [1.54, 1.807) is 25.6 Å². The normalized spacial score (nSPS) is 20.3. The minimum atomic E-state index is -0.103. The highest BCUT2D eigenvalue weighted by atomic mass is 16.5. The minimum Gasteiger partial charge on any atom is -0.494 e. The highest BCUT2D eigenvalue weighted by Gasteiger charge is 2.35. The van der Waals surface area contributed by atoms with E-state index in [0.717, 1.165) is 11.6 Å². The Bertz CT molecular complexity index is 753. The van der Waals surface area contributed by atoms with Crippen molar-refractivity contribution in [2.45, 2.75) is 38.3 Å². The molecule has 0 radical (unpaired) electrons. The molecule has 4 rings (SSSR count). The summed E-state index contributed by atoms with van der Waals surface area (Å²) in [5, 5.41) is 4.60. The Morgan fingerprint density at radius 3 is 2.91 bits per heavy atom. The van der Waals surface area contributed by atoms with Gasteiger partial charge in [-0.05, 0) is 25.8 Å². The Balaban J connectivity index is 1.63. The number of ether oxygens (including phenoxy) is 1. The molecule has 0 spiro atoms. The molecular formula is C16H19N5O2. The van der Waals surface area contributed by atoms with Crippen molar-refractivity contribution in [2.75, 3.05) is 13.7 Å². The first-order valence-corrected chi connectivity index (χ1v) is 7.92. The summed E-state index contributed by atoms with van der Waals surface area (Å²) in [4.78, 5) is 23.4. The van der Waals surface area contributed by atoms with E-state index in [9.17, 15) is 4.79 Å². The maximum atomic E-state index is 12.9. The van der Waals surface area contributed by atoms with Crippen LogP contribution in [0.2, 0.25) is 0 Å². The Morgan fingerprint density at radius 2 is 2.17 bits per heavy atom. The van der Waals surface area contributed by atoms with Crippen molar-refractivity contribution >= 4 is 5.91 Å². The number of aromatic nitrogens is 4. The van der Waals surface area contributed by atoms with E-state index in [1.165, 1.54) is 12.8 Å². The van der Waals surface area contributed by atoms with Crippen LogP contribution in [0.1, 0.15) is 53.7 Å². The topological polar surface area (TPSA) is 73.1 Å². The first-order valence-electron chi connectivity index (χ1n) is 7.92. The van der Waals surface area contributed by atoms with Crippen molar-refractivity contribution in [3.63, 3.8) is 0 Å². The van der Waals surface area contributed by atoms with Gasteiger partial charge in [-0.3, -0.25) is 9.78 Å². The van der Waals surface area contributed by atoms with Crippen LogP contribution in [-0.2, 0) is 6.54 Å². The summed E-state index contributed by atoms with van der Waals surface area (Å²) in [5.74, 6) is 2.77. The van der Waals surface area contributed by atoms with Crippen molar-refractivity contribution in [2.24, 2.45) is 0 Å². The van der Waals surface area contributed by atoms with Crippen LogP contribution in [-0.4, -0.2) is 44.2 Å². The molecule has 120 valence electrons. The van der Waals surface area contributed by atoms with Gasteiger partial charge in [0.1, 0.15) is 11.6 Å². The molecule has 3 heterocycles. The van der Waals surface area contributed by atoms with Crippen LogP contribution in [0.5, 0.6) is 5.75 Å². The lowest BCUT2D eigenvalue weighted by molar-refractivity contribution is 0.0627. The molecule has 0 saturated heterocycles. The molecular weight excluding hydrogens is 294 g/mol. The molecule has 7 nitrogen and oxygen atoms in total. The van der Waals surface area contributed by atoms with Gasteiger partial charge in [0.05, 0.1) is 31.5 Å². The second kappa shape index (κ2) is 5.33. The highest BCUT2D eigenvalue weighted by molar-refractivity contribution is 5.97. The van der Waals surface area contributed by atoms with Crippen LogP contribution < -0.4 is 4.74 Å². The Morgan fingerprint density at radius 1 is 1.35 bits per heavy atom. The molecule has 0 N–H and O–H groups in total. The van der Waals surface area contributed by atoms with Crippen LogP contribution in [0, 0.1) is 0 Å². The van der Waals surface area contributed by atoms with E-state index in [1.807, 2.05) is 16.5 Å².